The number of carbonyl (C=O) groups is 2. The molecule has 3 aliphatic heterocycles. The molecule has 4 rings (SSSR count). The van der Waals surface area contributed by atoms with Gasteiger partial charge in [-0.1, -0.05) is 17.8 Å². The highest BCUT2D eigenvalue weighted by Gasteiger charge is 2.42. The predicted molar refractivity (Wildman–Crippen MR) is 121 cm³/mol. The minimum absolute atomic E-state index is 0.0340. The summed E-state index contributed by atoms with van der Waals surface area (Å²) in [7, 11) is -2.99. The van der Waals surface area contributed by atoms with Crippen molar-refractivity contribution in [2.24, 2.45) is 4.99 Å². The van der Waals surface area contributed by atoms with Crippen LogP contribution in [-0.2, 0) is 14.6 Å². The van der Waals surface area contributed by atoms with E-state index in [2.05, 4.69) is 10.3 Å². The molecule has 2 fully saturated rings. The highest BCUT2D eigenvalue weighted by Crippen LogP contribution is 2.35. The van der Waals surface area contributed by atoms with Crippen LogP contribution in [0.2, 0.25) is 0 Å². The third kappa shape index (κ3) is 4.82. The number of ether oxygens (including phenoxy) is 1. The first-order valence-corrected chi connectivity index (χ1v) is 13.0. The number of fused-ring (bicyclic) bond motifs is 1. The second-order valence-electron chi connectivity index (χ2n) is 7.87. The molecule has 3 heterocycles. The van der Waals surface area contributed by atoms with E-state index < -0.39 is 9.84 Å². The number of rotatable bonds is 3. The van der Waals surface area contributed by atoms with Gasteiger partial charge in [0.05, 0.1) is 24.2 Å². The third-order valence-electron chi connectivity index (χ3n) is 5.64. The van der Waals surface area contributed by atoms with Gasteiger partial charge in [-0.3, -0.25) is 9.79 Å². The van der Waals surface area contributed by atoms with E-state index in [1.807, 2.05) is 19.1 Å². The number of amidine groups is 1. The topological polar surface area (TPSA) is 108 Å². The van der Waals surface area contributed by atoms with Crippen molar-refractivity contribution in [3.8, 4) is 0 Å². The van der Waals surface area contributed by atoms with Crippen molar-refractivity contribution in [3.63, 3.8) is 0 Å². The zero-order valence-corrected chi connectivity index (χ0v) is 19.2. The molecular formula is C20H26N4O5S2. The molecule has 0 unspecified atom stereocenters. The minimum atomic E-state index is -2.99. The molecule has 0 aliphatic carbocycles. The number of anilines is 1. The standard InChI is InChI=1S/C20H26N4O5S2/c1-3-29-20(26)24-8-6-23(7-9-24)18(25)14-5-4-13(2)15(10-14)21-19-22-16-11-31(27,28)12-17(16)30-19/h4-5,10,16-17H,3,6-9,11-12H2,1-2H3,(H,21,22)/t16-,17-/m0/s1. The Morgan fingerprint density at radius 1 is 1.19 bits per heavy atom. The lowest BCUT2D eigenvalue weighted by molar-refractivity contribution is 0.0570. The van der Waals surface area contributed by atoms with Gasteiger partial charge >= 0.3 is 6.09 Å². The number of nitrogens with zero attached hydrogens (tertiary/aromatic N) is 3. The number of sulfone groups is 1. The summed E-state index contributed by atoms with van der Waals surface area (Å²) in [5, 5.41) is 3.94. The van der Waals surface area contributed by atoms with E-state index in [4.69, 9.17) is 4.74 Å². The number of aliphatic imine (C=N–C) groups is 1. The van der Waals surface area contributed by atoms with Crippen LogP contribution in [0.25, 0.3) is 0 Å². The number of hydrogen-bond acceptors (Lipinski definition) is 8. The summed E-state index contributed by atoms with van der Waals surface area (Å²) in [5.74, 6) is 0.174. The Balaban J connectivity index is 1.40. The minimum Gasteiger partial charge on any atom is -0.450 e. The van der Waals surface area contributed by atoms with Crippen molar-refractivity contribution in [2.75, 3.05) is 49.6 Å². The summed E-state index contributed by atoms with van der Waals surface area (Å²) >= 11 is 1.45. The molecule has 11 heteroatoms. The maximum atomic E-state index is 13.0. The van der Waals surface area contributed by atoms with Crippen LogP contribution < -0.4 is 5.32 Å². The SMILES string of the molecule is CCOC(=O)N1CCN(C(=O)c2ccc(C)c(NC3=N[C@H]4CS(=O)(=O)C[C@@H]4S3)c2)CC1. The molecule has 0 bridgehead atoms. The molecule has 2 amide bonds. The van der Waals surface area contributed by atoms with Gasteiger partial charge in [-0.15, -0.1) is 0 Å². The van der Waals surface area contributed by atoms with Crippen molar-refractivity contribution < 1.29 is 22.7 Å². The van der Waals surface area contributed by atoms with Crippen molar-refractivity contribution in [3.05, 3.63) is 29.3 Å². The number of carbonyl (C=O) groups excluding carboxylic acids is 2. The van der Waals surface area contributed by atoms with Crippen molar-refractivity contribution in [2.45, 2.75) is 25.1 Å². The fraction of sp³-hybridized carbons (Fsp3) is 0.550. The van der Waals surface area contributed by atoms with E-state index >= 15 is 0 Å². The Morgan fingerprint density at radius 2 is 1.90 bits per heavy atom. The normalized spacial score (nSPS) is 24.5. The van der Waals surface area contributed by atoms with Gasteiger partial charge in [0.25, 0.3) is 5.91 Å². The average molecular weight is 467 g/mol. The Morgan fingerprint density at radius 3 is 2.58 bits per heavy atom. The van der Waals surface area contributed by atoms with Crippen LogP contribution in [0, 0.1) is 6.92 Å². The van der Waals surface area contributed by atoms with Gasteiger partial charge < -0.3 is 19.9 Å². The number of aryl methyl sites for hydroxylation is 1. The van der Waals surface area contributed by atoms with E-state index in [1.165, 1.54) is 11.8 Å². The van der Waals surface area contributed by atoms with E-state index in [1.54, 1.807) is 22.8 Å². The Hall–Kier alpha value is -2.27. The Labute approximate surface area is 186 Å². The van der Waals surface area contributed by atoms with E-state index in [-0.39, 0.29) is 34.8 Å². The molecular weight excluding hydrogens is 440 g/mol. The van der Waals surface area contributed by atoms with Crippen LogP contribution in [0.5, 0.6) is 0 Å². The first-order chi connectivity index (χ1) is 14.8. The zero-order valence-electron chi connectivity index (χ0n) is 17.5. The Bertz CT molecular complexity index is 1020. The van der Waals surface area contributed by atoms with Crippen LogP contribution in [-0.4, -0.2) is 91.0 Å². The summed E-state index contributed by atoms with van der Waals surface area (Å²) in [6.45, 7) is 5.84. The first-order valence-electron chi connectivity index (χ1n) is 10.3. The van der Waals surface area contributed by atoms with Gasteiger partial charge in [0.2, 0.25) is 0 Å². The summed E-state index contributed by atoms with van der Waals surface area (Å²) in [6, 6.07) is 5.29. The third-order valence-corrected chi connectivity index (χ3v) is 8.78. The van der Waals surface area contributed by atoms with Crippen LogP contribution in [0.1, 0.15) is 22.8 Å². The molecule has 0 radical (unpaired) electrons. The fourth-order valence-corrected chi connectivity index (χ4v) is 7.58. The lowest BCUT2D eigenvalue weighted by Gasteiger charge is -2.34. The van der Waals surface area contributed by atoms with Gasteiger partial charge in [0, 0.05) is 42.7 Å². The van der Waals surface area contributed by atoms with Crippen molar-refractivity contribution >= 4 is 44.5 Å². The quantitative estimate of drug-likeness (QED) is 0.721. The number of amides is 2. The van der Waals surface area contributed by atoms with E-state index in [9.17, 15) is 18.0 Å². The smallest absolute Gasteiger partial charge is 0.409 e. The maximum absolute atomic E-state index is 13.0. The van der Waals surface area contributed by atoms with E-state index in [0.29, 0.717) is 43.5 Å². The molecule has 168 valence electrons. The highest BCUT2D eigenvalue weighted by molar-refractivity contribution is 8.15. The van der Waals surface area contributed by atoms with Crippen LogP contribution in [0.4, 0.5) is 10.5 Å². The maximum Gasteiger partial charge on any atom is 0.409 e. The summed E-state index contributed by atoms with van der Waals surface area (Å²) < 4.78 is 28.5. The lowest BCUT2D eigenvalue weighted by atomic mass is 10.1. The first kappa shape index (κ1) is 21.9. The fourth-order valence-electron chi connectivity index (χ4n) is 3.91. The molecule has 9 nitrogen and oxygen atoms in total. The van der Waals surface area contributed by atoms with Gasteiger partial charge in [-0.2, -0.15) is 0 Å². The number of thioether (sulfide) groups is 1. The average Bonchev–Trinajstić information content (AvgIpc) is 3.22. The van der Waals surface area contributed by atoms with Crippen molar-refractivity contribution in [1.82, 2.24) is 9.80 Å². The molecule has 0 spiro atoms. The zero-order chi connectivity index (χ0) is 22.2. The number of hydrogen-bond donors (Lipinski definition) is 1. The Kier molecular flexibility index (Phi) is 6.16. The number of nitrogens with one attached hydrogen (secondary N) is 1. The number of benzene rings is 1. The second-order valence-corrected chi connectivity index (χ2v) is 11.2. The highest BCUT2D eigenvalue weighted by atomic mass is 32.2. The molecule has 2 atom stereocenters. The lowest BCUT2D eigenvalue weighted by Crippen LogP contribution is -2.50. The van der Waals surface area contributed by atoms with E-state index in [0.717, 1.165) is 11.3 Å². The van der Waals surface area contributed by atoms with Crippen LogP contribution >= 0.6 is 11.8 Å². The molecule has 3 aliphatic rings. The summed E-state index contributed by atoms with van der Waals surface area (Å²) in [4.78, 5) is 32.7. The van der Waals surface area contributed by atoms with Gasteiger partial charge in [0.15, 0.2) is 15.0 Å². The molecule has 0 saturated carbocycles. The largest absolute Gasteiger partial charge is 0.450 e. The molecule has 2 saturated heterocycles. The second kappa shape index (κ2) is 8.70. The summed E-state index contributed by atoms with van der Waals surface area (Å²) in [6.07, 6.45) is -0.344. The van der Waals surface area contributed by atoms with Gasteiger partial charge in [-0.25, -0.2) is 13.2 Å². The molecule has 31 heavy (non-hydrogen) atoms. The van der Waals surface area contributed by atoms with Gasteiger partial charge in [-0.05, 0) is 31.5 Å². The van der Waals surface area contributed by atoms with Gasteiger partial charge in [0.1, 0.15) is 0 Å². The number of piperazine rings is 1. The monoisotopic (exact) mass is 466 g/mol. The predicted octanol–water partition coefficient (Wildman–Crippen LogP) is 1.59. The van der Waals surface area contributed by atoms with Crippen molar-refractivity contribution in [1.29, 1.82) is 0 Å². The summed E-state index contributed by atoms with van der Waals surface area (Å²) in [5.41, 5.74) is 2.31. The molecule has 1 aromatic rings. The molecule has 1 aromatic carbocycles. The van der Waals surface area contributed by atoms with Crippen LogP contribution in [0.15, 0.2) is 23.2 Å². The van der Waals surface area contributed by atoms with Crippen LogP contribution in [0.3, 0.4) is 0 Å². The molecule has 0 aromatic heterocycles. The molecule has 1 N–H and O–H groups in total.